The Morgan fingerprint density at radius 1 is 1.73 bits per heavy atom. The second-order valence-electron chi connectivity index (χ2n) is 3.23. The number of anilines is 1. The van der Waals surface area contributed by atoms with E-state index >= 15 is 0 Å². The number of aromatic nitrogens is 2. The molecule has 0 fully saturated rings. The van der Waals surface area contributed by atoms with Crippen LogP contribution in [0.2, 0.25) is 0 Å². The number of imidazole rings is 1. The molecular weight excluding hydrogens is 138 g/mol. The van der Waals surface area contributed by atoms with Crippen LogP contribution in [0.25, 0.3) is 0 Å². The topological polar surface area (TPSA) is 43.8 Å². The van der Waals surface area contributed by atoms with Crippen LogP contribution in [0.3, 0.4) is 0 Å². The van der Waals surface area contributed by atoms with E-state index in [9.17, 15) is 0 Å². The van der Waals surface area contributed by atoms with Crippen LogP contribution in [0.4, 0.5) is 5.82 Å². The van der Waals surface area contributed by atoms with Crippen molar-refractivity contribution in [2.75, 3.05) is 5.73 Å². The number of aryl methyl sites for hydroxylation is 1. The molecule has 1 aliphatic heterocycles. The second-order valence-corrected chi connectivity index (χ2v) is 3.23. The van der Waals surface area contributed by atoms with Crippen molar-refractivity contribution in [1.29, 1.82) is 0 Å². The average Bonchev–Trinajstić information content (AvgIpc) is 2.31. The molecule has 0 saturated heterocycles. The van der Waals surface area contributed by atoms with E-state index in [-0.39, 0.29) is 0 Å². The van der Waals surface area contributed by atoms with Crippen molar-refractivity contribution in [2.45, 2.75) is 32.2 Å². The van der Waals surface area contributed by atoms with E-state index < -0.39 is 0 Å². The average molecular weight is 151 g/mol. The van der Waals surface area contributed by atoms with Gasteiger partial charge in [0.15, 0.2) is 0 Å². The molecule has 0 spiro atoms. The minimum Gasteiger partial charge on any atom is -0.382 e. The highest BCUT2D eigenvalue weighted by atomic mass is 15.1. The predicted molar refractivity (Wildman–Crippen MR) is 44.3 cm³/mol. The molecule has 0 aromatic carbocycles. The molecule has 3 heteroatoms. The largest absolute Gasteiger partial charge is 0.382 e. The molecule has 1 aromatic rings. The first-order valence-electron chi connectivity index (χ1n) is 4.10. The Morgan fingerprint density at radius 2 is 2.55 bits per heavy atom. The lowest BCUT2D eigenvalue weighted by molar-refractivity contribution is 0.426. The van der Waals surface area contributed by atoms with Crippen molar-refractivity contribution < 1.29 is 0 Å². The number of hydrogen-bond acceptors (Lipinski definition) is 2. The Morgan fingerprint density at radius 3 is 3.27 bits per heavy atom. The first-order valence-corrected chi connectivity index (χ1v) is 4.10. The van der Waals surface area contributed by atoms with Crippen molar-refractivity contribution in [3.05, 3.63) is 12.0 Å². The predicted octanol–water partition coefficient (Wildman–Crippen LogP) is 1.36. The first-order chi connectivity index (χ1) is 5.27. The summed E-state index contributed by atoms with van der Waals surface area (Å²) in [6.45, 7) is 2.21. The SMILES string of the molecule is C[C@@H]1CCCc2nc(N)cn21. The van der Waals surface area contributed by atoms with E-state index in [1.165, 1.54) is 12.8 Å². The standard InChI is InChI=1S/C8H13N3/c1-6-3-2-4-8-10-7(9)5-11(6)8/h5-6H,2-4,9H2,1H3/t6-/m1/s1. The number of rotatable bonds is 0. The van der Waals surface area contributed by atoms with Crippen LogP contribution in [-0.4, -0.2) is 9.55 Å². The van der Waals surface area contributed by atoms with E-state index in [0.717, 1.165) is 12.2 Å². The lowest BCUT2D eigenvalue weighted by atomic mass is 10.1. The summed E-state index contributed by atoms with van der Waals surface area (Å²) < 4.78 is 2.19. The zero-order chi connectivity index (χ0) is 7.84. The van der Waals surface area contributed by atoms with Gasteiger partial charge in [-0.05, 0) is 19.8 Å². The van der Waals surface area contributed by atoms with Crippen LogP contribution in [-0.2, 0) is 6.42 Å². The first kappa shape index (κ1) is 6.70. The van der Waals surface area contributed by atoms with Crippen LogP contribution in [0.5, 0.6) is 0 Å². The fraction of sp³-hybridized carbons (Fsp3) is 0.625. The number of nitrogens with two attached hydrogens (primary N) is 1. The highest BCUT2D eigenvalue weighted by molar-refractivity contribution is 5.27. The Hall–Kier alpha value is -0.990. The van der Waals surface area contributed by atoms with Crippen molar-refractivity contribution >= 4 is 5.82 Å². The summed E-state index contributed by atoms with van der Waals surface area (Å²) in [5, 5.41) is 0. The number of nitrogen functional groups attached to an aromatic ring is 1. The lowest BCUT2D eigenvalue weighted by Crippen LogP contribution is -2.14. The van der Waals surface area contributed by atoms with Crippen LogP contribution < -0.4 is 5.73 Å². The summed E-state index contributed by atoms with van der Waals surface area (Å²) >= 11 is 0. The van der Waals surface area contributed by atoms with Gasteiger partial charge in [-0.15, -0.1) is 0 Å². The molecule has 11 heavy (non-hydrogen) atoms. The molecule has 1 aliphatic rings. The Balaban J connectivity index is 2.43. The van der Waals surface area contributed by atoms with E-state index in [2.05, 4.69) is 16.5 Å². The highest BCUT2D eigenvalue weighted by Crippen LogP contribution is 2.24. The molecule has 1 atom stereocenters. The third-order valence-corrected chi connectivity index (χ3v) is 2.32. The summed E-state index contributed by atoms with van der Waals surface area (Å²) in [6, 6.07) is 0.587. The zero-order valence-electron chi connectivity index (χ0n) is 6.75. The molecule has 1 aromatic heterocycles. The normalized spacial score (nSPS) is 23.2. The van der Waals surface area contributed by atoms with Gasteiger partial charge in [0.1, 0.15) is 11.6 Å². The lowest BCUT2D eigenvalue weighted by Gasteiger charge is -2.20. The maximum atomic E-state index is 5.59. The molecule has 2 N–H and O–H groups in total. The van der Waals surface area contributed by atoms with Crippen molar-refractivity contribution in [3.8, 4) is 0 Å². The second kappa shape index (κ2) is 2.26. The maximum Gasteiger partial charge on any atom is 0.141 e. The van der Waals surface area contributed by atoms with Crippen LogP contribution >= 0.6 is 0 Å². The zero-order valence-corrected chi connectivity index (χ0v) is 6.75. The molecule has 0 aliphatic carbocycles. The van der Waals surface area contributed by atoms with Gasteiger partial charge in [-0.2, -0.15) is 0 Å². The maximum absolute atomic E-state index is 5.59. The molecule has 60 valence electrons. The van der Waals surface area contributed by atoms with Crippen LogP contribution in [0.15, 0.2) is 6.20 Å². The van der Waals surface area contributed by atoms with E-state index in [1.807, 2.05) is 6.20 Å². The summed E-state index contributed by atoms with van der Waals surface area (Å²) in [7, 11) is 0. The van der Waals surface area contributed by atoms with Gasteiger partial charge in [0.05, 0.1) is 0 Å². The monoisotopic (exact) mass is 151 g/mol. The molecule has 0 amide bonds. The number of nitrogens with zero attached hydrogens (tertiary/aromatic N) is 2. The van der Waals surface area contributed by atoms with Crippen molar-refractivity contribution in [1.82, 2.24) is 9.55 Å². The quantitative estimate of drug-likeness (QED) is 0.608. The van der Waals surface area contributed by atoms with E-state index in [4.69, 9.17) is 5.73 Å². The van der Waals surface area contributed by atoms with Gasteiger partial charge >= 0.3 is 0 Å². The smallest absolute Gasteiger partial charge is 0.141 e. The summed E-state index contributed by atoms with van der Waals surface area (Å²) in [5.74, 6) is 1.81. The summed E-state index contributed by atoms with van der Waals surface area (Å²) in [6.07, 6.45) is 5.53. The third-order valence-electron chi connectivity index (χ3n) is 2.32. The Bertz CT molecular complexity index is 264. The van der Waals surface area contributed by atoms with Gasteiger partial charge in [-0.25, -0.2) is 4.98 Å². The molecule has 0 bridgehead atoms. The molecular formula is C8H13N3. The number of fused-ring (bicyclic) bond motifs is 1. The van der Waals surface area contributed by atoms with Gasteiger partial charge < -0.3 is 10.3 Å². The fourth-order valence-electron chi connectivity index (χ4n) is 1.71. The van der Waals surface area contributed by atoms with Crippen LogP contribution in [0, 0.1) is 0 Å². The molecule has 2 rings (SSSR count). The molecule has 2 heterocycles. The van der Waals surface area contributed by atoms with Crippen molar-refractivity contribution in [2.24, 2.45) is 0 Å². The Labute approximate surface area is 66.2 Å². The number of hydrogen-bond donors (Lipinski definition) is 1. The van der Waals surface area contributed by atoms with E-state index in [0.29, 0.717) is 11.9 Å². The summed E-state index contributed by atoms with van der Waals surface area (Å²) in [4.78, 5) is 4.24. The molecule has 0 saturated carbocycles. The third kappa shape index (κ3) is 1.00. The molecule has 0 radical (unpaired) electrons. The van der Waals surface area contributed by atoms with Gasteiger partial charge in [-0.1, -0.05) is 0 Å². The highest BCUT2D eigenvalue weighted by Gasteiger charge is 2.16. The minimum atomic E-state index is 0.587. The van der Waals surface area contributed by atoms with E-state index in [1.54, 1.807) is 0 Å². The summed E-state index contributed by atoms with van der Waals surface area (Å²) in [5.41, 5.74) is 5.59. The minimum absolute atomic E-state index is 0.587. The van der Waals surface area contributed by atoms with Gasteiger partial charge in [-0.3, -0.25) is 0 Å². The van der Waals surface area contributed by atoms with Gasteiger partial charge in [0, 0.05) is 18.7 Å². The van der Waals surface area contributed by atoms with Crippen LogP contribution in [0.1, 0.15) is 31.6 Å². The van der Waals surface area contributed by atoms with Gasteiger partial charge in [0.2, 0.25) is 0 Å². The van der Waals surface area contributed by atoms with Crippen molar-refractivity contribution in [3.63, 3.8) is 0 Å². The fourth-order valence-corrected chi connectivity index (χ4v) is 1.71. The Kier molecular flexibility index (Phi) is 1.37. The van der Waals surface area contributed by atoms with Gasteiger partial charge in [0.25, 0.3) is 0 Å². The molecule has 3 nitrogen and oxygen atoms in total. The molecule has 0 unspecified atom stereocenters.